The average molecular weight is 234 g/mol. The zero-order valence-corrected chi connectivity index (χ0v) is 10.7. The number of rotatable bonds is 5. The van der Waals surface area contributed by atoms with Crippen LogP contribution < -0.4 is 4.72 Å². The maximum atomic E-state index is 3.39. The number of H-pyrrole nitrogens is 1. The monoisotopic (exact) mass is 234 g/mol. The molecule has 2 rings (SSSR count). The molecule has 1 aromatic carbocycles. The van der Waals surface area contributed by atoms with Crippen molar-refractivity contribution >= 4 is 28.5 Å². The molecule has 1 aromatic heterocycles. The Morgan fingerprint density at radius 1 is 1.38 bits per heavy atom. The quantitative estimate of drug-likeness (QED) is 0.595. The molecule has 16 heavy (non-hydrogen) atoms. The third-order valence-electron chi connectivity index (χ3n) is 2.68. The lowest BCUT2D eigenvalue weighted by Gasteiger charge is -2.05. The first-order valence-corrected chi connectivity index (χ1v) is 6.75. The second-order valence-corrected chi connectivity index (χ2v) is 4.94. The maximum Gasteiger partial charge on any atom is 0.0458 e. The fourth-order valence-electron chi connectivity index (χ4n) is 1.67. The second-order valence-electron chi connectivity index (χ2n) is 4.04. The minimum absolute atomic E-state index is 1.17. The predicted octanol–water partition coefficient (Wildman–Crippen LogP) is 4.34. The van der Waals surface area contributed by atoms with E-state index in [1.807, 2.05) is 0 Å². The van der Waals surface area contributed by atoms with Gasteiger partial charge in [-0.25, -0.2) is 0 Å². The molecule has 0 spiro atoms. The molecule has 0 fully saturated rings. The van der Waals surface area contributed by atoms with E-state index in [0.717, 1.165) is 0 Å². The van der Waals surface area contributed by atoms with Crippen LogP contribution in [0.4, 0.5) is 5.69 Å². The summed E-state index contributed by atoms with van der Waals surface area (Å²) in [5.74, 6) is 1.17. The summed E-state index contributed by atoms with van der Waals surface area (Å²) in [7, 11) is 0. The van der Waals surface area contributed by atoms with E-state index < -0.39 is 0 Å². The summed E-state index contributed by atoms with van der Waals surface area (Å²) in [5, 5.41) is 1.31. The number of unbranched alkanes of at least 4 members (excludes halogenated alkanes) is 1. The standard InChI is InChI=1S/C13H18N2S/c1-3-4-7-16-15-11-5-6-13-12(8-11)10(2)9-14-13/h5-6,8-9,14-15H,3-4,7H2,1-2H3. The molecule has 0 unspecified atom stereocenters. The molecule has 0 aliphatic carbocycles. The summed E-state index contributed by atoms with van der Waals surface area (Å²) in [5.41, 5.74) is 3.70. The van der Waals surface area contributed by atoms with Gasteiger partial charge in [0.15, 0.2) is 0 Å². The SMILES string of the molecule is CCCCSNc1ccc2[nH]cc(C)c2c1. The normalized spacial score (nSPS) is 10.9. The van der Waals surface area contributed by atoms with Crippen molar-refractivity contribution in [1.82, 2.24) is 4.98 Å². The van der Waals surface area contributed by atoms with E-state index in [4.69, 9.17) is 0 Å². The van der Waals surface area contributed by atoms with Crippen molar-refractivity contribution in [2.75, 3.05) is 10.5 Å². The molecule has 2 nitrogen and oxygen atoms in total. The van der Waals surface area contributed by atoms with Gasteiger partial charge in [0.05, 0.1) is 0 Å². The summed E-state index contributed by atoms with van der Waals surface area (Å²) >= 11 is 1.79. The predicted molar refractivity (Wildman–Crippen MR) is 74.0 cm³/mol. The Balaban J connectivity index is 2.04. The highest BCUT2D eigenvalue weighted by atomic mass is 32.2. The molecule has 2 aromatic rings. The van der Waals surface area contributed by atoms with Gasteiger partial charge in [-0.15, -0.1) is 0 Å². The molecule has 0 atom stereocenters. The number of benzene rings is 1. The molecule has 0 amide bonds. The van der Waals surface area contributed by atoms with E-state index in [1.165, 1.54) is 40.7 Å². The van der Waals surface area contributed by atoms with Crippen LogP contribution in [0, 0.1) is 6.92 Å². The third-order valence-corrected chi connectivity index (χ3v) is 3.55. The highest BCUT2D eigenvalue weighted by molar-refractivity contribution is 8.00. The molecule has 86 valence electrons. The van der Waals surface area contributed by atoms with E-state index >= 15 is 0 Å². The third kappa shape index (κ3) is 2.53. The first kappa shape index (κ1) is 11.4. The number of hydrogen-bond acceptors (Lipinski definition) is 2. The number of anilines is 1. The van der Waals surface area contributed by atoms with Crippen LogP contribution in [-0.4, -0.2) is 10.7 Å². The zero-order chi connectivity index (χ0) is 11.4. The molecule has 0 aliphatic heterocycles. The van der Waals surface area contributed by atoms with Crippen LogP contribution in [0.3, 0.4) is 0 Å². The van der Waals surface area contributed by atoms with Crippen LogP contribution in [0.25, 0.3) is 10.9 Å². The lowest BCUT2D eigenvalue weighted by Crippen LogP contribution is -1.89. The smallest absolute Gasteiger partial charge is 0.0458 e. The number of hydrogen-bond donors (Lipinski definition) is 2. The van der Waals surface area contributed by atoms with E-state index in [1.54, 1.807) is 11.9 Å². The van der Waals surface area contributed by atoms with Crippen molar-refractivity contribution in [2.45, 2.75) is 26.7 Å². The number of fused-ring (bicyclic) bond motifs is 1. The van der Waals surface area contributed by atoms with Gasteiger partial charge < -0.3 is 9.71 Å². The number of aromatic nitrogens is 1. The van der Waals surface area contributed by atoms with Crippen LogP contribution in [0.2, 0.25) is 0 Å². The van der Waals surface area contributed by atoms with Crippen molar-refractivity contribution in [3.63, 3.8) is 0 Å². The van der Waals surface area contributed by atoms with Gasteiger partial charge in [0, 0.05) is 28.5 Å². The van der Waals surface area contributed by atoms with Gasteiger partial charge in [-0.1, -0.05) is 25.3 Å². The summed E-state index contributed by atoms with van der Waals surface area (Å²) in [4.78, 5) is 3.26. The molecule has 0 radical (unpaired) electrons. The van der Waals surface area contributed by atoms with Crippen LogP contribution in [0.5, 0.6) is 0 Å². The summed E-state index contributed by atoms with van der Waals surface area (Å²) in [6.07, 6.45) is 4.58. The van der Waals surface area contributed by atoms with Gasteiger partial charge >= 0.3 is 0 Å². The van der Waals surface area contributed by atoms with Crippen LogP contribution in [-0.2, 0) is 0 Å². The Kier molecular flexibility index (Phi) is 3.78. The molecule has 0 saturated carbocycles. The molecule has 0 bridgehead atoms. The average Bonchev–Trinajstić information content (AvgIpc) is 2.67. The van der Waals surface area contributed by atoms with Crippen LogP contribution in [0.15, 0.2) is 24.4 Å². The van der Waals surface area contributed by atoms with Crippen molar-refractivity contribution < 1.29 is 0 Å². The topological polar surface area (TPSA) is 27.8 Å². The molecule has 2 N–H and O–H groups in total. The molecule has 0 aliphatic rings. The van der Waals surface area contributed by atoms with Crippen molar-refractivity contribution in [3.05, 3.63) is 30.0 Å². The largest absolute Gasteiger partial charge is 0.361 e. The van der Waals surface area contributed by atoms with Gasteiger partial charge in [-0.05, 0) is 37.1 Å². The first-order chi connectivity index (χ1) is 7.81. The van der Waals surface area contributed by atoms with Crippen molar-refractivity contribution in [1.29, 1.82) is 0 Å². The van der Waals surface area contributed by atoms with Crippen molar-refractivity contribution in [2.24, 2.45) is 0 Å². The van der Waals surface area contributed by atoms with E-state index in [0.29, 0.717) is 0 Å². The Morgan fingerprint density at radius 3 is 3.06 bits per heavy atom. The number of aromatic amines is 1. The van der Waals surface area contributed by atoms with Crippen LogP contribution in [0.1, 0.15) is 25.3 Å². The lowest BCUT2D eigenvalue weighted by molar-refractivity contribution is 0.897. The Labute approximate surface area is 101 Å². The minimum atomic E-state index is 1.17. The molecular weight excluding hydrogens is 216 g/mol. The van der Waals surface area contributed by atoms with E-state index in [2.05, 4.69) is 47.9 Å². The summed E-state index contributed by atoms with van der Waals surface area (Å²) in [6, 6.07) is 6.46. The minimum Gasteiger partial charge on any atom is -0.361 e. The molecule has 1 heterocycles. The summed E-state index contributed by atoms with van der Waals surface area (Å²) in [6.45, 7) is 4.35. The second kappa shape index (κ2) is 5.30. The first-order valence-electron chi connectivity index (χ1n) is 5.77. The number of nitrogens with one attached hydrogen (secondary N) is 2. The van der Waals surface area contributed by atoms with Crippen LogP contribution >= 0.6 is 11.9 Å². The molecule has 3 heteroatoms. The fourth-order valence-corrected chi connectivity index (χ4v) is 2.50. The highest BCUT2D eigenvalue weighted by Gasteiger charge is 2.00. The van der Waals surface area contributed by atoms with E-state index in [-0.39, 0.29) is 0 Å². The summed E-state index contributed by atoms with van der Waals surface area (Å²) < 4.78 is 3.39. The Hall–Kier alpha value is -1.09. The van der Waals surface area contributed by atoms with Gasteiger partial charge in [-0.2, -0.15) is 0 Å². The lowest BCUT2D eigenvalue weighted by atomic mass is 10.2. The van der Waals surface area contributed by atoms with Gasteiger partial charge in [0.1, 0.15) is 0 Å². The maximum absolute atomic E-state index is 3.39. The van der Waals surface area contributed by atoms with Gasteiger partial charge in [0.2, 0.25) is 0 Å². The van der Waals surface area contributed by atoms with E-state index in [9.17, 15) is 0 Å². The highest BCUT2D eigenvalue weighted by Crippen LogP contribution is 2.23. The Morgan fingerprint density at radius 2 is 2.25 bits per heavy atom. The van der Waals surface area contributed by atoms with Gasteiger partial charge in [-0.3, -0.25) is 0 Å². The fraction of sp³-hybridized carbons (Fsp3) is 0.385. The number of aryl methyl sites for hydroxylation is 1. The van der Waals surface area contributed by atoms with Gasteiger partial charge in [0.25, 0.3) is 0 Å². The molecular formula is C13H18N2S. The Bertz CT molecular complexity index is 462. The van der Waals surface area contributed by atoms with Crippen molar-refractivity contribution in [3.8, 4) is 0 Å². The molecule has 0 saturated heterocycles. The zero-order valence-electron chi connectivity index (χ0n) is 9.84.